The van der Waals surface area contributed by atoms with Crippen molar-refractivity contribution >= 4 is 0 Å². The quantitative estimate of drug-likeness (QED) is 0.851. The first-order valence-corrected chi connectivity index (χ1v) is 6.01. The van der Waals surface area contributed by atoms with Crippen LogP contribution >= 0.6 is 0 Å². The van der Waals surface area contributed by atoms with E-state index < -0.39 is 12.7 Å². The number of hydrogen-bond acceptors (Lipinski definition) is 2. The van der Waals surface area contributed by atoms with Crippen molar-refractivity contribution in [3.05, 3.63) is 35.4 Å². The summed E-state index contributed by atoms with van der Waals surface area (Å²) in [5, 5.41) is 0. The van der Waals surface area contributed by atoms with E-state index >= 15 is 0 Å². The lowest BCUT2D eigenvalue weighted by molar-refractivity contribution is -0.146. The molecule has 0 atom stereocenters. The molecule has 0 bridgehead atoms. The number of hydrogen-bond donors (Lipinski definition) is 1. The average molecular weight is 270 g/mol. The second kappa shape index (κ2) is 7.17. The van der Waals surface area contributed by atoms with E-state index in [1.165, 1.54) is 4.90 Å². The summed E-state index contributed by atoms with van der Waals surface area (Å²) >= 11 is 0. The lowest BCUT2D eigenvalue weighted by Crippen LogP contribution is -2.33. The topological polar surface area (TPSA) is 29.3 Å². The van der Waals surface area contributed by atoms with E-state index in [1.54, 1.807) is 31.2 Å². The highest BCUT2D eigenvalue weighted by Crippen LogP contribution is 2.18. The number of nitrogens with zero attached hydrogens (tertiary/aromatic N) is 1. The number of alkyl halides is 3. The highest BCUT2D eigenvalue weighted by molar-refractivity contribution is 5.36. The number of nitrogens with two attached hydrogens (primary N) is 1. The normalized spacial score (nSPS) is 11.3. The van der Waals surface area contributed by atoms with Crippen LogP contribution in [0.5, 0.6) is 0 Å². The monoisotopic (exact) mass is 270 g/mol. The van der Waals surface area contributed by atoms with Gasteiger partial charge < -0.3 is 5.73 Å². The zero-order valence-electron chi connectivity index (χ0n) is 10.8. The van der Waals surface area contributed by atoms with Gasteiger partial charge in [0.15, 0.2) is 0 Å². The fraction of sp³-hybridized carbons (Fsp3) is 0.429. The highest BCUT2D eigenvalue weighted by atomic mass is 19.4. The third kappa shape index (κ3) is 6.27. The maximum Gasteiger partial charge on any atom is 0.401 e. The van der Waals surface area contributed by atoms with Crippen LogP contribution in [0.1, 0.15) is 18.1 Å². The standard InChI is InChI=1S/C14H17F3N2/c1-2-19(11-14(15,16)17)10-13-7-5-12(6-8-13)4-3-9-18/h5-8H,2,9-11,18H2,1H3. The zero-order valence-corrected chi connectivity index (χ0v) is 10.8. The molecule has 1 aromatic carbocycles. The first-order chi connectivity index (χ1) is 8.94. The van der Waals surface area contributed by atoms with Crippen LogP contribution in [0, 0.1) is 11.8 Å². The van der Waals surface area contributed by atoms with Crippen LogP contribution in [0.25, 0.3) is 0 Å². The Morgan fingerprint density at radius 1 is 1.21 bits per heavy atom. The Kier molecular flexibility index (Phi) is 5.87. The molecule has 0 aliphatic carbocycles. The number of rotatable bonds is 4. The molecule has 0 aliphatic heterocycles. The van der Waals surface area contributed by atoms with Gasteiger partial charge in [-0.1, -0.05) is 30.9 Å². The largest absolute Gasteiger partial charge is 0.401 e. The van der Waals surface area contributed by atoms with E-state index in [4.69, 9.17) is 5.73 Å². The molecule has 1 aromatic rings. The molecular weight excluding hydrogens is 253 g/mol. The first kappa shape index (κ1) is 15.5. The van der Waals surface area contributed by atoms with Crippen LogP contribution in [0.15, 0.2) is 24.3 Å². The van der Waals surface area contributed by atoms with Gasteiger partial charge in [-0.25, -0.2) is 0 Å². The Morgan fingerprint density at radius 2 is 1.84 bits per heavy atom. The van der Waals surface area contributed by atoms with Crippen LogP contribution in [-0.2, 0) is 6.54 Å². The molecule has 0 amide bonds. The van der Waals surface area contributed by atoms with Gasteiger partial charge in [0, 0.05) is 12.1 Å². The molecule has 0 aliphatic rings. The lowest BCUT2D eigenvalue weighted by atomic mass is 10.1. The summed E-state index contributed by atoms with van der Waals surface area (Å²) in [5.74, 6) is 5.59. The van der Waals surface area contributed by atoms with Crippen LogP contribution < -0.4 is 5.73 Å². The molecular formula is C14H17F3N2. The summed E-state index contributed by atoms with van der Waals surface area (Å²) in [6.45, 7) is 1.75. The van der Waals surface area contributed by atoms with Gasteiger partial charge in [0.2, 0.25) is 0 Å². The molecule has 19 heavy (non-hydrogen) atoms. The van der Waals surface area contributed by atoms with E-state index in [0.717, 1.165) is 11.1 Å². The minimum atomic E-state index is -4.16. The van der Waals surface area contributed by atoms with Gasteiger partial charge in [-0.3, -0.25) is 4.90 Å². The molecule has 0 aromatic heterocycles. The van der Waals surface area contributed by atoms with Crippen LogP contribution in [-0.4, -0.2) is 30.7 Å². The Labute approximate surface area is 111 Å². The fourth-order valence-corrected chi connectivity index (χ4v) is 1.64. The summed E-state index contributed by atoms with van der Waals surface area (Å²) in [7, 11) is 0. The van der Waals surface area contributed by atoms with E-state index in [0.29, 0.717) is 6.54 Å². The SMILES string of the molecule is CCN(Cc1ccc(C#CCN)cc1)CC(F)(F)F. The van der Waals surface area contributed by atoms with Crippen molar-refractivity contribution in [2.75, 3.05) is 19.6 Å². The van der Waals surface area contributed by atoms with E-state index in [9.17, 15) is 13.2 Å². The second-order valence-electron chi connectivity index (χ2n) is 4.12. The fourth-order valence-electron chi connectivity index (χ4n) is 1.64. The highest BCUT2D eigenvalue weighted by Gasteiger charge is 2.29. The zero-order chi connectivity index (χ0) is 14.3. The van der Waals surface area contributed by atoms with Gasteiger partial charge in [-0.15, -0.1) is 0 Å². The van der Waals surface area contributed by atoms with Crippen molar-refractivity contribution in [3.8, 4) is 11.8 Å². The number of benzene rings is 1. The maximum atomic E-state index is 12.3. The summed E-state index contributed by atoms with van der Waals surface area (Å²) in [5.41, 5.74) is 6.91. The third-order valence-electron chi connectivity index (χ3n) is 2.55. The van der Waals surface area contributed by atoms with Crippen molar-refractivity contribution in [1.29, 1.82) is 0 Å². The summed E-state index contributed by atoms with van der Waals surface area (Å²) in [4.78, 5) is 1.35. The second-order valence-corrected chi connectivity index (χ2v) is 4.12. The van der Waals surface area contributed by atoms with E-state index in [1.807, 2.05) is 0 Å². The van der Waals surface area contributed by atoms with Crippen molar-refractivity contribution in [3.63, 3.8) is 0 Å². The van der Waals surface area contributed by atoms with Gasteiger partial charge in [0.1, 0.15) is 0 Å². The first-order valence-electron chi connectivity index (χ1n) is 6.01. The Bertz CT molecular complexity index is 440. The van der Waals surface area contributed by atoms with Gasteiger partial charge in [0.05, 0.1) is 13.1 Å². The molecule has 0 spiro atoms. The summed E-state index contributed by atoms with van der Waals surface area (Å²) in [6, 6.07) is 7.16. The molecule has 0 saturated carbocycles. The molecule has 0 radical (unpaired) electrons. The maximum absolute atomic E-state index is 12.3. The molecule has 2 N–H and O–H groups in total. The molecule has 0 saturated heterocycles. The Morgan fingerprint density at radius 3 is 2.32 bits per heavy atom. The summed E-state index contributed by atoms with van der Waals surface area (Å²) in [6.07, 6.45) is -4.16. The molecule has 5 heteroatoms. The van der Waals surface area contributed by atoms with Gasteiger partial charge in [-0.05, 0) is 24.2 Å². The van der Waals surface area contributed by atoms with E-state index in [-0.39, 0.29) is 13.1 Å². The van der Waals surface area contributed by atoms with Crippen molar-refractivity contribution < 1.29 is 13.2 Å². The van der Waals surface area contributed by atoms with Crippen molar-refractivity contribution in [2.24, 2.45) is 5.73 Å². The van der Waals surface area contributed by atoms with Gasteiger partial charge >= 0.3 is 6.18 Å². The molecule has 0 heterocycles. The Balaban J connectivity index is 2.65. The molecule has 1 rings (SSSR count). The number of halogens is 3. The molecule has 2 nitrogen and oxygen atoms in total. The van der Waals surface area contributed by atoms with Gasteiger partial charge in [0.25, 0.3) is 0 Å². The Hall–Kier alpha value is -1.51. The minimum absolute atomic E-state index is 0.278. The molecule has 0 unspecified atom stereocenters. The van der Waals surface area contributed by atoms with Crippen molar-refractivity contribution in [1.82, 2.24) is 4.90 Å². The van der Waals surface area contributed by atoms with Crippen LogP contribution in [0.3, 0.4) is 0 Å². The minimum Gasteiger partial charge on any atom is -0.320 e. The summed E-state index contributed by atoms with van der Waals surface area (Å²) < 4.78 is 37.0. The lowest BCUT2D eigenvalue weighted by Gasteiger charge is -2.21. The van der Waals surface area contributed by atoms with Crippen LogP contribution in [0.2, 0.25) is 0 Å². The van der Waals surface area contributed by atoms with Crippen LogP contribution in [0.4, 0.5) is 13.2 Å². The predicted molar refractivity (Wildman–Crippen MR) is 69.4 cm³/mol. The predicted octanol–water partition coefficient (Wildman–Crippen LogP) is 2.38. The van der Waals surface area contributed by atoms with Gasteiger partial charge in [-0.2, -0.15) is 13.2 Å². The van der Waals surface area contributed by atoms with Crippen molar-refractivity contribution in [2.45, 2.75) is 19.6 Å². The molecule has 0 fully saturated rings. The third-order valence-corrected chi connectivity index (χ3v) is 2.55. The average Bonchev–Trinajstić information content (AvgIpc) is 2.35. The smallest absolute Gasteiger partial charge is 0.320 e. The van der Waals surface area contributed by atoms with E-state index in [2.05, 4.69) is 11.8 Å². The molecule has 104 valence electrons.